The number of fused-ring (bicyclic) bond motifs is 3. The number of alkyl carbamates (subject to hydrolysis) is 1. The Balaban J connectivity index is 1.73. The molecule has 2 amide bonds. The van der Waals surface area contributed by atoms with E-state index in [9.17, 15) is 19.5 Å². The predicted octanol–water partition coefficient (Wildman–Crippen LogP) is 4.70. The summed E-state index contributed by atoms with van der Waals surface area (Å²) in [6.07, 6.45) is -0.130. The fraction of sp³-hybridized carbons (Fsp3) is 0.444. The number of rotatable bonds is 8. The highest BCUT2D eigenvalue weighted by molar-refractivity contribution is 5.93. The van der Waals surface area contributed by atoms with Gasteiger partial charge in [-0.3, -0.25) is 4.79 Å². The molecule has 3 rings (SSSR count). The molecule has 7 nitrogen and oxygen atoms in total. The van der Waals surface area contributed by atoms with Crippen LogP contribution >= 0.6 is 0 Å². The number of hydrogen-bond acceptors (Lipinski definition) is 4. The Kier molecular flexibility index (Phi) is 7.34. The second-order valence-corrected chi connectivity index (χ2v) is 9.85. The molecule has 1 aliphatic rings. The largest absolute Gasteiger partial charge is 0.480 e. The van der Waals surface area contributed by atoms with Crippen molar-refractivity contribution in [3.05, 3.63) is 59.7 Å². The third-order valence-electron chi connectivity index (χ3n) is 6.72. The van der Waals surface area contributed by atoms with Crippen LogP contribution in [0.4, 0.5) is 4.79 Å². The van der Waals surface area contributed by atoms with Gasteiger partial charge in [0.25, 0.3) is 0 Å². The predicted molar refractivity (Wildman–Crippen MR) is 131 cm³/mol. The van der Waals surface area contributed by atoms with Crippen molar-refractivity contribution in [3.8, 4) is 11.1 Å². The molecular formula is C27H34N2O5. The van der Waals surface area contributed by atoms with Crippen LogP contribution in [0.25, 0.3) is 11.1 Å². The van der Waals surface area contributed by atoms with Gasteiger partial charge in [0.15, 0.2) is 0 Å². The topological polar surface area (TPSA) is 105 Å². The minimum absolute atomic E-state index is 0.0955. The van der Waals surface area contributed by atoms with Crippen LogP contribution in [-0.2, 0) is 14.3 Å². The molecule has 0 heterocycles. The van der Waals surface area contributed by atoms with Crippen molar-refractivity contribution in [1.29, 1.82) is 0 Å². The highest BCUT2D eigenvalue weighted by Crippen LogP contribution is 2.44. The molecule has 0 saturated carbocycles. The van der Waals surface area contributed by atoms with Crippen LogP contribution < -0.4 is 10.6 Å². The fourth-order valence-electron chi connectivity index (χ4n) is 4.55. The summed E-state index contributed by atoms with van der Waals surface area (Å²) in [5, 5.41) is 14.9. The molecule has 0 aromatic heterocycles. The second-order valence-electron chi connectivity index (χ2n) is 9.85. The van der Waals surface area contributed by atoms with Gasteiger partial charge >= 0.3 is 12.1 Å². The van der Waals surface area contributed by atoms with Crippen molar-refractivity contribution in [1.82, 2.24) is 10.6 Å². The first kappa shape index (κ1) is 25.3. The maximum Gasteiger partial charge on any atom is 0.408 e. The summed E-state index contributed by atoms with van der Waals surface area (Å²) in [6, 6.07) is 15.0. The van der Waals surface area contributed by atoms with E-state index in [-0.39, 0.29) is 25.4 Å². The van der Waals surface area contributed by atoms with Crippen molar-refractivity contribution in [3.63, 3.8) is 0 Å². The number of hydrogen-bond donors (Lipinski definition) is 3. The quantitative estimate of drug-likeness (QED) is 0.523. The highest BCUT2D eigenvalue weighted by atomic mass is 16.5. The summed E-state index contributed by atoms with van der Waals surface area (Å²) in [4.78, 5) is 37.7. The Labute approximate surface area is 200 Å². The molecule has 0 aliphatic heterocycles. The number of carboxylic acids is 1. The lowest BCUT2D eigenvalue weighted by atomic mass is 9.85. The van der Waals surface area contributed by atoms with Gasteiger partial charge in [-0.2, -0.15) is 0 Å². The third-order valence-corrected chi connectivity index (χ3v) is 6.72. The average molecular weight is 467 g/mol. The van der Waals surface area contributed by atoms with Crippen LogP contribution in [0.2, 0.25) is 0 Å². The van der Waals surface area contributed by atoms with Crippen LogP contribution in [0, 0.1) is 5.41 Å². The molecule has 1 aliphatic carbocycles. The molecule has 1 unspecified atom stereocenters. The molecule has 0 bridgehead atoms. The maximum absolute atomic E-state index is 13.2. The second kappa shape index (κ2) is 9.87. The van der Waals surface area contributed by atoms with Crippen molar-refractivity contribution in [2.75, 3.05) is 6.61 Å². The van der Waals surface area contributed by atoms with E-state index in [1.807, 2.05) is 36.4 Å². The van der Waals surface area contributed by atoms with Gasteiger partial charge in [-0.25, -0.2) is 9.59 Å². The lowest BCUT2D eigenvalue weighted by Gasteiger charge is -2.35. The molecule has 3 N–H and O–H groups in total. The van der Waals surface area contributed by atoms with Crippen LogP contribution in [0.1, 0.15) is 64.5 Å². The summed E-state index contributed by atoms with van der Waals surface area (Å²) < 4.78 is 5.62. The number of nitrogens with one attached hydrogen (secondary N) is 2. The normalized spacial score (nSPS) is 14.0. The Bertz CT molecular complexity index is 1020. The number of aliphatic carboxylic acids is 1. The van der Waals surface area contributed by atoms with Gasteiger partial charge < -0.3 is 20.5 Å². The zero-order valence-corrected chi connectivity index (χ0v) is 20.5. The van der Waals surface area contributed by atoms with Gasteiger partial charge in [-0.15, -0.1) is 0 Å². The van der Waals surface area contributed by atoms with Gasteiger partial charge in [-0.1, -0.05) is 83.1 Å². The van der Waals surface area contributed by atoms with Gasteiger partial charge in [0.1, 0.15) is 18.2 Å². The van der Waals surface area contributed by atoms with E-state index in [0.717, 1.165) is 22.3 Å². The lowest BCUT2D eigenvalue weighted by molar-refractivity contribution is -0.146. The molecule has 0 fully saturated rings. The number of carbonyl (C=O) groups is 3. The number of amides is 2. The monoisotopic (exact) mass is 466 g/mol. The van der Waals surface area contributed by atoms with E-state index in [1.165, 1.54) is 0 Å². The van der Waals surface area contributed by atoms with Gasteiger partial charge in [0, 0.05) is 5.92 Å². The van der Waals surface area contributed by atoms with Crippen LogP contribution in [0.3, 0.4) is 0 Å². The van der Waals surface area contributed by atoms with Crippen molar-refractivity contribution >= 4 is 18.0 Å². The Hall–Kier alpha value is -3.35. The van der Waals surface area contributed by atoms with Crippen LogP contribution in [0.15, 0.2) is 48.5 Å². The first-order chi connectivity index (χ1) is 16.0. The highest BCUT2D eigenvalue weighted by Gasteiger charge is 2.42. The molecule has 34 heavy (non-hydrogen) atoms. The summed E-state index contributed by atoms with van der Waals surface area (Å²) in [5.41, 5.74) is 2.48. The number of carbonyl (C=O) groups excluding carboxylic acids is 2. The maximum atomic E-state index is 13.2. The zero-order chi connectivity index (χ0) is 25.1. The number of carboxylic acid groups (broad SMARTS) is 1. The molecule has 182 valence electrons. The molecule has 0 spiro atoms. The lowest BCUT2D eigenvalue weighted by Crippen LogP contribution is -2.62. The Morgan fingerprint density at radius 1 is 0.941 bits per heavy atom. The van der Waals surface area contributed by atoms with E-state index in [2.05, 4.69) is 22.8 Å². The SMILES string of the molecule is CCC(CC)(NC(=O)OCC1c2ccccc2-c2ccccc21)C(=O)NC(C(=O)O)C(C)(C)C. The minimum atomic E-state index is -1.28. The first-order valence-electron chi connectivity index (χ1n) is 11.7. The number of benzene rings is 2. The summed E-state index contributed by atoms with van der Waals surface area (Å²) in [7, 11) is 0. The van der Waals surface area contributed by atoms with Crippen molar-refractivity contribution in [2.24, 2.45) is 5.41 Å². The van der Waals surface area contributed by atoms with E-state index in [0.29, 0.717) is 0 Å². The number of ether oxygens (including phenoxy) is 1. The van der Waals surface area contributed by atoms with Crippen LogP contribution in [-0.4, -0.2) is 41.3 Å². The standard InChI is InChI=1S/C27H34N2O5/c1-6-27(7-2,24(32)28-22(23(30)31)26(3,4)5)29-25(33)34-16-21-19-14-10-8-12-17(19)18-13-9-11-15-20(18)21/h8-15,21-22H,6-7,16H2,1-5H3,(H,28,32)(H,29,33)(H,30,31). The van der Waals surface area contributed by atoms with Gasteiger partial charge in [0.2, 0.25) is 5.91 Å². The Morgan fingerprint density at radius 3 is 1.88 bits per heavy atom. The Morgan fingerprint density at radius 2 is 1.44 bits per heavy atom. The molecule has 2 aromatic rings. The summed E-state index contributed by atoms with van der Waals surface area (Å²) >= 11 is 0. The summed E-state index contributed by atoms with van der Waals surface area (Å²) in [6.45, 7) is 8.91. The summed E-state index contributed by atoms with van der Waals surface area (Å²) in [5.74, 6) is -1.75. The molecular weight excluding hydrogens is 432 g/mol. The van der Waals surface area contributed by atoms with Crippen molar-refractivity contribution < 1.29 is 24.2 Å². The molecule has 0 saturated heterocycles. The molecule has 1 atom stereocenters. The fourth-order valence-corrected chi connectivity index (χ4v) is 4.55. The third kappa shape index (κ3) is 4.93. The van der Waals surface area contributed by atoms with Crippen LogP contribution in [0.5, 0.6) is 0 Å². The molecule has 7 heteroatoms. The van der Waals surface area contributed by atoms with E-state index < -0.39 is 35.0 Å². The van der Waals surface area contributed by atoms with Gasteiger partial charge in [-0.05, 0) is 40.5 Å². The van der Waals surface area contributed by atoms with E-state index >= 15 is 0 Å². The molecule has 2 aromatic carbocycles. The first-order valence-corrected chi connectivity index (χ1v) is 11.7. The average Bonchev–Trinajstić information content (AvgIpc) is 3.12. The van der Waals surface area contributed by atoms with Crippen molar-refractivity contribution in [2.45, 2.75) is 65.0 Å². The van der Waals surface area contributed by atoms with E-state index in [1.54, 1.807) is 34.6 Å². The zero-order valence-electron chi connectivity index (χ0n) is 20.5. The van der Waals surface area contributed by atoms with Gasteiger partial charge in [0.05, 0.1) is 0 Å². The smallest absolute Gasteiger partial charge is 0.408 e. The minimum Gasteiger partial charge on any atom is -0.480 e. The molecule has 0 radical (unpaired) electrons. The van der Waals surface area contributed by atoms with E-state index in [4.69, 9.17) is 4.74 Å².